The van der Waals surface area contributed by atoms with Gasteiger partial charge in [-0.2, -0.15) is 13.2 Å². The van der Waals surface area contributed by atoms with Crippen LogP contribution in [0.25, 0.3) is 6.08 Å². The van der Waals surface area contributed by atoms with E-state index in [-0.39, 0.29) is 18.2 Å². The van der Waals surface area contributed by atoms with Crippen LogP contribution in [0.2, 0.25) is 0 Å². The number of nitrogens with zero attached hydrogens (tertiary/aromatic N) is 1. The molecule has 0 amide bonds. The van der Waals surface area contributed by atoms with Crippen molar-refractivity contribution in [3.63, 3.8) is 0 Å². The van der Waals surface area contributed by atoms with E-state index in [1.165, 1.54) is 6.92 Å². The molecular formula is C18H17F8NO9S. The van der Waals surface area contributed by atoms with Crippen LogP contribution in [-0.4, -0.2) is 49.0 Å². The average molecular weight is 575 g/mol. The number of carbonyl (C=O) groups is 2. The second-order valence-corrected chi connectivity index (χ2v) is 9.77. The zero-order valence-electron chi connectivity index (χ0n) is 18.6. The molecule has 1 aliphatic heterocycles. The number of rotatable bonds is 9. The Labute approximate surface area is 201 Å². The SMILES string of the molecule is CCc1cc(S(F)(F)(F)(F)F)cc2c1O[C@H](C(F)(F)F)C(C(=O)OCOC(=O)OC[C@H](C)O[N+](=O)[O-])=C2. The standard InChI is InChI=1S/C18H17F8NO9S/c1-3-10-4-12(37(22,23,24,25)26)5-11-6-13(15(18(19,20)21)35-14(10)11)16(28)33-8-34-17(29)32-7-9(2)36-27(30)31/h4-6,9,15H,3,7-8H2,1-2H3/t9-,15-/m0/s1. The highest BCUT2D eigenvalue weighted by atomic mass is 32.5. The number of carbonyl (C=O) groups excluding carboxylic acids is 2. The summed E-state index contributed by atoms with van der Waals surface area (Å²) in [6.07, 6.45) is -11.4. The van der Waals surface area contributed by atoms with Gasteiger partial charge in [-0.05, 0) is 37.1 Å². The first-order valence-electron chi connectivity index (χ1n) is 9.76. The van der Waals surface area contributed by atoms with Crippen molar-refractivity contribution in [1.29, 1.82) is 0 Å². The van der Waals surface area contributed by atoms with Crippen LogP contribution in [0.15, 0.2) is 22.6 Å². The number of aryl methyl sites for hydroxylation is 1. The summed E-state index contributed by atoms with van der Waals surface area (Å²) in [5, 5.41) is 8.95. The second kappa shape index (κ2) is 9.42. The van der Waals surface area contributed by atoms with Crippen LogP contribution in [0.5, 0.6) is 5.75 Å². The molecule has 0 bridgehead atoms. The van der Waals surface area contributed by atoms with Gasteiger partial charge < -0.3 is 23.8 Å². The van der Waals surface area contributed by atoms with E-state index in [1.807, 2.05) is 0 Å². The Morgan fingerprint density at radius 3 is 2.27 bits per heavy atom. The molecule has 1 aromatic carbocycles. The van der Waals surface area contributed by atoms with Gasteiger partial charge in [0, 0.05) is 5.56 Å². The first kappa shape index (κ1) is 29.7. The molecular weight excluding hydrogens is 558 g/mol. The van der Waals surface area contributed by atoms with Crippen LogP contribution in [0.3, 0.4) is 0 Å². The minimum atomic E-state index is -10.3. The van der Waals surface area contributed by atoms with Crippen molar-refractivity contribution in [2.24, 2.45) is 0 Å². The second-order valence-electron chi connectivity index (χ2n) is 7.36. The van der Waals surface area contributed by atoms with Gasteiger partial charge >= 0.3 is 28.5 Å². The lowest BCUT2D eigenvalue weighted by atomic mass is 9.98. The van der Waals surface area contributed by atoms with E-state index in [0.717, 1.165) is 6.92 Å². The highest BCUT2D eigenvalue weighted by molar-refractivity contribution is 8.45. The molecule has 1 heterocycles. The quantitative estimate of drug-likeness (QED) is 0.117. The van der Waals surface area contributed by atoms with Crippen molar-refractivity contribution >= 4 is 28.4 Å². The van der Waals surface area contributed by atoms with Gasteiger partial charge in [0.1, 0.15) is 23.4 Å². The highest BCUT2D eigenvalue weighted by Crippen LogP contribution is 3.02. The van der Waals surface area contributed by atoms with Crippen molar-refractivity contribution in [2.75, 3.05) is 13.4 Å². The van der Waals surface area contributed by atoms with Gasteiger partial charge in [0.25, 0.3) is 5.09 Å². The number of esters is 1. The third-order valence-electron chi connectivity index (χ3n) is 4.43. The number of alkyl halides is 3. The molecule has 19 heteroatoms. The van der Waals surface area contributed by atoms with Crippen molar-refractivity contribution in [2.45, 2.75) is 43.5 Å². The predicted octanol–water partition coefficient (Wildman–Crippen LogP) is 5.86. The Bertz CT molecular complexity index is 1120. The Morgan fingerprint density at radius 2 is 1.76 bits per heavy atom. The van der Waals surface area contributed by atoms with E-state index in [2.05, 4.69) is 19.0 Å². The number of benzene rings is 1. The lowest BCUT2D eigenvalue weighted by Crippen LogP contribution is -2.41. The minimum absolute atomic E-state index is 0.0258. The monoisotopic (exact) mass is 575 g/mol. The summed E-state index contributed by atoms with van der Waals surface area (Å²) < 4.78 is 125. The summed E-state index contributed by atoms with van der Waals surface area (Å²) in [6, 6.07) is -0.181. The molecule has 1 aliphatic rings. The van der Waals surface area contributed by atoms with Crippen LogP contribution >= 0.6 is 10.2 Å². The molecule has 0 spiro atoms. The fourth-order valence-electron chi connectivity index (χ4n) is 2.87. The Kier molecular flexibility index (Phi) is 7.56. The van der Waals surface area contributed by atoms with Gasteiger partial charge in [0.15, 0.2) is 0 Å². The summed E-state index contributed by atoms with van der Waals surface area (Å²) in [5.41, 5.74) is -2.94. The third kappa shape index (κ3) is 7.99. The Balaban J connectivity index is 2.28. The van der Waals surface area contributed by atoms with Crippen molar-refractivity contribution < 1.29 is 71.1 Å². The van der Waals surface area contributed by atoms with Crippen LogP contribution in [0, 0.1) is 10.1 Å². The topological polar surface area (TPSA) is 123 Å². The maximum atomic E-state index is 13.6. The summed E-state index contributed by atoms with van der Waals surface area (Å²) in [5.74, 6) is -2.67. The van der Waals surface area contributed by atoms with E-state index in [9.17, 15) is 52.3 Å². The first-order valence-corrected chi connectivity index (χ1v) is 11.7. The molecule has 0 radical (unpaired) electrons. The van der Waals surface area contributed by atoms with Crippen molar-refractivity contribution in [1.82, 2.24) is 0 Å². The first-order chi connectivity index (χ1) is 16.6. The van der Waals surface area contributed by atoms with Gasteiger partial charge in [-0.25, -0.2) is 9.59 Å². The smallest absolute Gasteiger partial charge is 0.475 e. The van der Waals surface area contributed by atoms with Crippen LogP contribution in [0.4, 0.5) is 37.4 Å². The van der Waals surface area contributed by atoms with E-state index < -0.39 is 93.0 Å². The Hall–Kier alpha value is -3.51. The maximum Gasteiger partial charge on any atom is 0.511 e. The molecule has 0 fully saturated rings. The van der Waals surface area contributed by atoms with E-state index in [4.69, 9.17) is 4.74 Å². The fraction of sp³-hybridized carbons (Fsp3) is 0.444. The van der Waals surface area contributed by atoms with E-state index in [1.54, 1.807) is 0 Å². The minimum Gasteiger partial charge on any atom is -0.475 e. The molecule has 10 nitrogen and oxygen atoms in total. The number of ether oxygens (including phenoxy) is 4. The third-order valence-corrected chi connectivity index (χ3v) is 5.55. The zero-order valence-corrected chi connectivity index (χ0v) is 19.4. The molecule has 2 rings (SSSR count). The largest absolute Gasteiger partial charge is 0.511 e. The molecule has 37 heavy (non-hydrogen) atoms. The highest BCUT2D eigenvalue weighted by Gasteiger charge is 2.66. The van der Waals surface area contributed by atoms with Gasteiger partial charge in [-0.1, -0.05) is 26.4 Å². The van der Waals surface area contributed by atoms with Gasteiger partial charge in [0.05, 0.1) is 5.57 Å². The summed E-state index contributed by atoms with van der Waals surface area (Å²) in [4.78, 5) is 35.4. The van der Waals surface area contributed by atoms with Crippen molar-refractivity contribution in [3.05, 3.63) is 38.9 Å². The molecule has 0 aromatic heterocycles. The molecule has 1 aromatic rings. The number of fused-ring (bicyclic) bond motifs is 1. The predicted molar refractivity (Wildman–Crippen MR) is 107 cm³/mol. The lowest BCUT2D eigenvalue weighted by molar-refractivity contribution is -0.767. The molecule has 0 aliphatic carbocycles. The molecule has 0 saturated carbocycles. The summed E-state index contributed by atoms with van der Waals surface area (Å²) >= 11 is 0. The van der Waals surface area contributed by atoms with Gasteiger partial charge in [-0.3, -0.25) is 0 Å². The number of hydrogen-bond acceptors (Lipinski definition) is 9. The summed E-state index contributed by atoms with van der Waals surface area (Å²) in [6.45, 7) is 0.258. The molecule has 210 valence electrons. The molecule has 0 saturated heterocycles. The van der Waals surface area contributed by atoms with Crippen LogP contribution < -0.4 is 4.74 Å². The average Bonchev–Trinajstić information content (AvgIpc) is 2.73. The lowest BCUT2D eigenvalue weighted by Gasteiger charge is -2.41. The van der Waals surface area contributed by atoms with Gasteiger partial charge in [0.2, 0.25) is 12.9 Å². The zero-order chi connectivity index (χ0) is 28.5. The summed E-state index contributed by atoms with van der Waals surface area (Å²) in [7, 11) is -10.3. The van der Waals surface area contributed by atoms with Crippen LogP contribution in [-0.2, 0) is 30.3 Å². The number of halogens is 8. The fourth-order valence-corrected chi connectivity index (χ4v) is 3.59. The Morgan fingerprint density at radius 1 is 1.14 bits per heavy atom. The van der Waals surface area contributed by atoms with Crippen molar-refractivity contribution in [3.8, 4) is 5.75 Å². The van der Waals surface area contributed by atoms with Crippen LogP contribution in [0.1, 0.15) is 25.0 Å². The number of hydrogen-bond donors (Lipinski definition) is 0. The van der Waals surface area contributed by atoms with Gasteiger partial charge in [-0.15, -0.1) is 10.1 Å². The normalized spacial score (nSPS) is 18.1. The molecule has 0 unspecified atom stereocenters. The maximum absolute atomic E-state index is 13.6. The molecule has 2 atom stereocenters. The molecule has 0 N–H and O–H groups in total. The van der Waals surface area contributed by atoms with E-state index >= 15 is 0 Å². The van der Waals surface area contributed by atoms with E-state index in [0.29, 0.717) is 0 Å².